The normalized spacial score (nSPS) is 15.5. The van der Waals surface area contributed by atoms with Gasteiger partial charge in [0, 0.05) is 12.5 Å². The molecule has 0 bridgehead atoms. The summed E-state index contributed by atoms with van der Waals surface area (Å²) in [6.45, 7) is 4.09. The molecular weight excluding hydrogens is 216 g/mol. The van der Waals surface area contributed by atoms with Crippen LogP contribution in [0.1, 0.15) is 43.5 Å². The van der Waals surface area contributed by atoms with Crippen LogP contribution < -0.4 is 0 Å². The van der Waals surface area contributed by atoms with E-state index < -0.39 is 0 Å². The molecule has 0 aromatic carbocycles. The lowest BCUT2D eigenvalue weighted by Gasteiger charge is -2.26. The molecule has 5 nitrogen and oxygen atoms in total. The second-order valence-electron chi connectivity index (χ2n) is 4.30. The van der Waals surface area contributed by atoms with Crippen LogP contribution in [0, 0.1) is 11.3 Å². The Labute approximate surface area is 101 Å². The molecule has 5 heteroatoms. The molecule has 17 heavy (non-hydrogen) atoms. The van der Waals surface area contributed by atoms with Crippen LogP contribution in [0.2, 0.25) is 0 Å². The smallest absolute Gasteiger partial charge is 0.100 e. The molecule has 1 aromatic rings. The highest BCUT2D eigenvalue weighted by molar-refractivity contribution is 5.20. The number of hydrogen-bond donors (Lipinski definition) is 0. The van der Waals surface area contributed by atoms with Gasteiger partial charge in [-0.15, -0.1) is 5.10 Å². The molecule has 2 rings (SSSR count). The molecule has 0 spiro atoms. The number of aromatic nitrogens is 3. The summed E-state index contributed by atoms with van der Waals surface area (Å²) in [4.78, 5) is 0. The van der Waals surface area contributed by atoms with Crippen LogP contribution in [0.5, 0.6) is 0 Å². The number of nitriles is 1. The van der Waals surface area contributed by atoms with E-state index >= 15 is 0 Å². The van der Waals surface area contributed by atoms with Crippen molar-refractivity contribution in [3.05, 3.63) is 11.4 Å². The van der Waals surface area contributed by atoms with Gasteiger partial charge in [0.25, 0.3) is 0 Å². The molecule has 0 atom stereocenters. The van der Waals surface area contributed by atoms with Crippen molar-refractivity contribution in [2.45, 2.75) is 45.1 Å². The molecule has 0 saturated heterocycles. The van der Waals surface area contributed by atoms with Crippen molar-refractivity contribution >= 4 is 0 Å². The summed E-state index contributed by atoms with van der Waals surface area (Å²) < 4.78 is 7.26. The van der Waals surface area contributed by atoms with E-state index in [0.29, 0.717) is 18.9 Å². The molecule has 1 fully saturated rings. The van der Waals surface area contributed by atoms with Gasteiger partial charge in [-0.2, -0.15) is 5.26 Å². The van der Waals surface area contributed by atoms with Crippen molar-refractivity contribution in [3.63, 3.8) is 0 Å². The Bertz CT molecular complexity index is 403. The van der Waals surface area contributed by atoms with Crippen LogP contribution >= 0.6 is 0 Å². The van der Waals surface area contributed by atoms with Gasteiger partial charge in [-0.25, -0.2) is 4.68 Å². The van der Waals surface area contributed by atoms with Crippen molar-refractivity contribution in [2.75, 3.05) is 13.2 Å². The lowest BCUT2D eigenvalue weighted by Crippen LogP contribution is -2.18. The van der Waals surface area contributed by atoms with Crippen LogP contribution in [0.4, 0.5) is 0 Å². The zero-order valence-corrected chi connectivity index (χ0v) is 10.2. The first-order valence-corrected chi connectivity index (χ1v) is 6.23. The van der Waals surface area contributed by atoms with Gasteiger partial charge in [0.2, 0.25) is 0 Å². The van der Waals surface area contributed by atoms with Crippen molar-refractivity contribution in [1.29, 1.82) is 5.26 Å². The summed E-state index contributed by atoms with van der Waals surface area (Å²) in [5, 5.41) is 17.1. The van der Waals surface area contributed by atoms with Crippen LogP contribution in [0.25, 0.3) is 0 Å². The van der Waals surface area contributed by atoms with Gasteiger partial charge in [-0.05, 0) is 19.8 Å². The van der Waals surface area contributed by atoms with E-state index in [1.165, 1.54) is 19.3 Å². The second kappa shape index (κ2) is 5.78. The second-order valence-corrected chi connectivity index (χ2v) is 4.30. The maximum absolute atomic E-state index is 8.79. The molecule has 1 saturated carbocycles. The molecule has 1 aliphatic carbocycles. The Hall–Kier alpha value is -1.41. The Balaban J connectivity index is 2.10. The zero-order chi connectivity index (χ0) is 12.1. The average molecular weight is 234 g/mol. The van der Waals surface area contributed by atoms with E-state index in [1.54, 1.807) is 0 Å². The minimum atomic E-state index is 0.362. The third-order valence-electron chi connectivity index (χ3n) is 3.24. The molecule has 92 valence electrons. The maximum Gasteiger partial charge on any atom is 0.100 e. The van der Waals surface area contributed by atoms with E-state index in [1.807, 2.05) is 11.6 Å². The van der Waals surface area contributed by atoms with Gasteiger partial charge in [0.15, 0.2) is 0 Å². The third kappa shape index (κ3) is 2.64. The molecular formula is C12H18N4O. The monoisotopic (exact) mass is 234 g/mol. The van der Waals surface area contributed by atoms with Crippen molar-refractivity contribution in [3.8, 4) is 6.07 Å². The predicted molar refractivity (Wildman–Crippen MR) is 62.4 cm³/mol. The molecule has 0 N–H and O–H groups in total. The maximum atomic E-state index is 8.79. The van der Waals surface area contributed by atoms with Crippen molar-refractivity contribution in [2.24, 2.45) is 0 Å². The summed E-state index contributed by atoms with van der Waals surface area (Å²) >= 11 is 0. The van der Waals surface area contributed by atoms with Gasteiger partial charge in [0.1, 0.15) is 5.69 Å². The SMILES string of the molecule is CCOCCn1nnc(CC#N)c1C1CCC1. The summed E-state index contributed by atoms with van der Waals surface area (Å²) in [6.07, 6.45) is 4.02. The van der Waals surface area contributed by atoms with E-state index in [-0.39, 0.29) is 0 Å². The topological polar surface area (TPSA) is 63.7 Å². The average Bonchev–Trinajstić information content (AvgIpc) is 2.62. The summed E-state index contributed by atoms with van der Waals surface area (Å²) in [6, 6.07) is 2.16. The Morgan fingerprint density at radius 1 is 1.53 bits per heavy atom. The van der Waals surface area contributed by atoms with Crippen LogP contribution in [-0.4, -0.2) is 28.2 Å². The Kier molecular flexibility index (Phi) is 4.10. The number of nitrogens with zero attached hydrogens (tertiary/aromatic N) is 4. The fraction of sp³-hybridized carbons (Fsp3) is 0.750. The summed E-state index contributed by atoms with van der Waals surface area (Å²) in [7, 11) is 0. The molecule has 1 aromatic heterocycles. The van der Waals surface area contributed by atoms with E-state index in [0.717, 1.165) is 24.5 Å². The minimum Gasteiger partial charge on any atom is -0.380 e. The zero-order valence-electron chi connectivity index (χ0n) is 10.2. The molecule has 0 unspecified atom stereocenters. The van der Waals surface area contributed by atoms with Crippen LogP contribution in [-0.2, 0) is 17.7 Å². The lowest BCUT2D eigenvalue weighted by molar-refractivity contribution is 0.134. The first-order valence-electron chi connectivity index (χ1n) is 6.23. The summed E-state index contributed by atoms with van der Waals surface area (Å²) in [5.41, 5.74) is 2.02. The van der Waals surface area contributed by atoms with Crippen LogP contribution in [0.3, 0.4) is 0 Å². The standard InChI is InChI=1S/C12H18N4O/c1-2-17-9-8-16-12(10-4-3-5-10)11(6-7-13)14-15-16/h10H,2-6,8-9H2,1H3. The van der Waals surface area contributed by atoms with E-state index in [2.05, 4.69) is 16.4 Å². The quantitative estimate of drug-likeness (QED) is 0.702. The number of rotatable bonds is 6. The third-order valence-corrected chi connectivity index (χ3v) is 3.24. The van der Waals surface area contributed by atoms with Crippen molar-refractivity contribution in [1.82, 2.24) is 15.0 Å². The number of hydrogen-bond acceptors (Lipinski definition) is 4. The Morgan fingerprint density at radius 3 is 2.94 bits per heavy atom. The van der Waals surface area contributed by atoms with E-state index in [9.17, 15) is 0 Å². The fourth-order valence-electron chi connectivity index (χ4n) is 2.15. The van der Waals surface area contributed by atoms with Gasteiger partial charge in [-0.3, -0.25) is 0 Å². The largest absolute Gasteiger partial charge is 0.380 e. The molecule has 0 aliphatic heterocycles. The van der Waals surface area contributed by atoms with Crippen molar-refractivity contribution < 1.29 is 4.74 Å². The molecule has 0 radical (unpaired) electrons. The fourth-order valence-corrected chi connectivity index (χ4v) is 2.15. The first kappa shape index (κ1) is 12.1. The highest BCUT2D eigenvalue weighted by Crippen LogP contribution is 2.37. The molecule has 1 aliphatic rings. The first-order chi connectivity index (χ1) is 8.36. The summed E-state index contributed by atoms with van der Waals surface area (Å²) in [5.74, 6) is 0.551. The lowest BCUT2D eigenvalue weighted by atomic mass is 9.81. The van der Waals surface area contributed by atoms with Crippen LogP contribution in [0.15, 0.2) is 0 Å². The van der Waals surface area contributed by atoms with Gasteiger partial charge >= 0.3 is 0 Å². The molecule has 0 amide bonds. The molecule has 1 heterocycles. The Morgan fingerprint density at radius 2 is 2.35 bits per heavy atom. The van der Waals surface area contributed by atoms with Gasteiger partial charge in [0.05, 0.1) is 31.3 Å². The predicted octanol–water partition coefficient (Wildman–Crippen LogP) is 1.65. The highest BCUT2D eigenvalue weighted by atomic mass is 16.5. The highest BCUT2D eigenvalue weighted by Gasteiger charge is 2.27. The van der Waals surface area contributed by atoms with Gasteiger partial charge < -0.3 is 4.74 Å². The minimum absolute atomic E-state index is 0.362. The van der Waals surface area contributed by atoms with Gasteiger partial charge in [-0.1, -0.05) is 11.6 Å². The number of ether oxygens (including phenoxy) is 1. The van der Waals surface area contributed by atoms with E-state index in [4.69, 9.17) is 10.00 Å².